The molecule has 0 saturated heterocycles. The molecule has 37 heavy (non-hydrogen) atoms. The predicted molar refractivity (Wildman–Crippen MR) is 142 cm³/mol. The summed E-state index contributed by atoms with van der Waals surface area (Å²) in [6, 6.07) is 21.7. The summed E-state index contributed by atoms with van der Waals surface area (Å²) in [5.74, 6) is 2.04. The van der Waals surface area contributed by atoms with Crippen LogP contribution in [0.5, 0.6) is 23.0 Å². The lowest BCUT2D eigenvalue weighted by Gasteiger charge is -2.24. The first-order valence-electron chi connectivity index (χ1n) is 11.9. The number of likely N-dealkylation sites (N-methyl/N-ethyl adjacent to an activating group) is 1. The van der Waals surface area contributed by atoms with E-state index in [1.807, 2.05) is 37.3 Å². The zero-order valence-electron chi connectivity index (χ0n) is 21.5. The van der Waals surface area contributed by atoms with Gasteiger partial charge in [-0.05, 0) is 60.5 Å². The number of carbonyl (C=O) groups excluding carboxylic acids is 1. The fourth-order valence-electron chi connectivity index (χ4n) is 3.51. The van der Waals surface area contributed by atoms with Crippen LogP contribution in [0.2, 0.25) is 0 Å². The molecule has 0 aliphatic carbocycles. The van der Waals surface area contributed by atoms with Crippen LogP contribution in [0.25, 0.3) is 11.6 Å². The van der Waals surface area contributed by atoms with Crippen LogP contribution >= 0.6 is 0 Å². The number of carbonyl (C=O) groups is 1. The van der Waals surface area contributed by atoms with E-state index in [1.54, 1.807) is 67.8 Å². The van der Waals surface area contributed by atoms with Gasteiger partial charge in [-0.2, -0.15) is 0 Å². The fourth-order valence-corrected chi connectivity index (χ4v) is 3.51. The van der Waals surface area contributed by atoms with Gasteiger partial charge in [-0.25, -0.2) is 4.79 Å². The molecule has 3 aromatic rings. The molecular formula is C29H33NO7. The van der Waals surface area contributed by atoms with Crippen LogP contribution in [0, 0.1) is 0 Å². The van der Waals surface area contributed by atoms with Gasteiger partial charge in [-0.15, -0.1) is 5.06 Å². The molecule has 1 N–H and O–H groups in total. The predicted octanol–water partition coefficient (Wildman–Crippen LogP) is 4.47. The monoisotopic (exact) mass is 507 g/mol. The average Bonchev–Trinajstić information content (AvgIpc) is 2.95. The summed E-state index contributed by atoms with van der Waals surface area (Å²) in [4.78, 5) is 18.3. The van der Waals surface area contributed by atoms with Crippen LogP contribution < -0.4 is 19.0 Å². The molecule has 0 aliphatic heterocycles. The molecule has 1 unspecified atom stereocenters. The number of hydrogen-bond acceptors (Lipinski definition) is 8. The topological polar surface area (TPSA) is 86.7 Å². The molecule has 3 aromatic carbocycles. The Hall–Kier alpha value is -4.01. The van der Waals surface area contributed by atoms with Crippen molar-refractivity contribution >= 4 is 17.6 Å². The molecule has 196 valence electrons. The van der Waals surface area contributed by atoms with Gasteiger partial charge in [-0.3, -0.25) is 0 Å². The lowest BCUT2D eigenvalue weighted by Crippen LogP contribution is -2.37. The van der Waals surface area contributed by atoms with Gasteiger partial charge in [0.15, 0.2) is 11.5 Å². The van der Waals surface area contributed by atoms with E-state index in [0.29, 0.717) is 40.7 Å². The molecule has 0 aromatic heterocycles. The van der Waals surface area contributed by atoms with Crippen molar-refractivity contribution in [2.45, 2.75) is 13.0 Å². The van der Waals surface area contributed by atoms with E-state index in [4.69, 9.17) is 23.8 Å². The SMILES string of the molecule is CCN(CC(O)COc1ccc(/C=C(/C(=O)OC)c2ccc(OC)cc2)cc1)Oc1ccccc1OC. The minimum Gasteiger partial charge on any atom is -0.497 e. The van der Waals surface area contributed by atoms with E-state index in [1.165, 1.54) is 7.11 Å². The summed E-state index contributed by atoms with van der Waals surface area (Å²) in [6.07, 6.45) is 0.968. The van der Waals surface area contributed by atoms with Crippen molar-refractivity contribution in [2.75, 3.05) is 41.0 Å². The van der Waals surface area contributed by atoms with E-state index in [9.17, 15) is 9.90 Å². The number of benzene rings is 3. The van der Waals surface area contributed by atoms with Gasteiger partial charge < -0.3 is 28.9 Å². The highest BCUT2D eigenvalue weighted by molar-refractivity contribution is 6.21. The number of methoxy groups -OCH3 is 3. The van der Waals surface area contributed by atoms with Gasteiger partial charge in [0.05, 0.1) is 33.4 Å². The normalized spacial score (nSPS) is 12.1. The molecule has 0 aliphatic rings. The Labute approximate surface area is 217 Å². The lowest BCUT2D eigenvalue weighted by molar-refractivity contribution is -0.133. The number of esters is 1. The van der Waals surface area contributed by atoms with Gasteiger partial charge in [0.25, 0.3) is 0 Å². The maximum Gasteiger partial charge on any atom is 0.338 e. The molecule has 0 heterocycles. The molecule has 0 bridgehead atoms. The van der Waals surface area contributed by atoms with Crippen molar-refractivity contribution in [2.24, 2.45) is 0 Å². The molecular weight excluding hydrogens is 474 g/mol. The van der Waals surface area contributed by atoms with E-state index in [2.05, 4.69) is 0 Å². The van der Waals surface area contributed by atoms with Crippen LogP contribution in [0.1, 0.15) is 18.1 Å². The lowest BCUT2D eigenvalue weighted by atomic mass is 10.0. The van der Waals surface area contributed by atoms with Gasteiger partial charge in [0.1, 0.15) is 24.2 Å². The third-order valence-corrected chi connectivity index (χ3v) is 5.50. The zero-order chi connectivity index (χ0) is 26.6. The van der Waals surface area contributed by atoms with E-state index < -0.39 is 12.1 Å². The number of nitrogens with zero attached hydrogens (tertiary/aromatic N) is 1. The van der Waals surface area contributed by atoms with Gasteiger partial charge in [-0.1, -0.05) is 36.4 Å². The van der Waals surface area contributed by atoms with E-state index in [-0.39, 0.29) is 13.2 Å². The zero-order valence-corrected chi connectivity index (χ0v) is 21.5. The highest BCUT2D eigenvalue weighted by Gasteiger charge is 2.16. The molecule has 0 saturated carbocycles. The number of rotatable bonds is 13. The smallest absolute Gasteiger partial charge is 0.338 e. The van der Waals surface area contributed by atoms with Crippen LogP contribution in [-0.4, -0.2) is 63.3 Å². The molecule has 0 fully saturated rings. The van der Waals surface area contributed by atoms with E-state index in [0.717, 1.165) is 5.56 Å². The largest absolute Gasteiger partial charge is 0.497 e. The molecule has 3 rings (SSSR count). The number of hydrogen-bond donors (Lipinski definition) is 1. The second-order valence-electron chi connectivity index (χ2n) is 8.03. The minimum atomic E-state index is -0.782. The van der Waals surface area contributed by atoms with Crippen molar-refractivity contribution in [1.29, 1.82) is 0 Å². The maximum atomic E-state index is 12.4. The second kappa shape index (κ2) is 13.9. The van der Waals surface area contributed by atoms with Crippen molar-refractivity contribution in [3.8, 4) is 23.0 Å². The third-order valence-electron chi connectivity index (χ3n) is 5.50. The van der Waals surface area contributed by atoms with Crippen molar-refractivity contribution in [3.05, 3.63) is 83.9 Å². The van der Waals surface area contributed by atoms with Gasteiger partial charge >= 0.3 is 5.97 Å². The maximum absolute atomic E-state index is 12.4. The number of aliphatic hydroxyl groups excluding tert-OH is 1. The molecule has 8 heteroatoms. The standard InChI is InChI=1S/C29H33NO7/c1-5-30(37-28-9-7-6-8-27(28)34-3)19-23(31)20-36-25-14-10-21(11-15-25)18-26(29(32)35-4)22-12-16-24(33-2)17-13-22/h6-18,23,31H,5,19-20H2,1-4H3/b26-18+. The molecule has 0 spiro atoms. The first kappa shape index (κ1) is 27.6. The van der Waals surface area contributed by atoms with Gasteiger partial charge in [0.2, 0.25) is 0 Å². The summed E-state index contributed by atoms with van der Waals surface area (Å²) >= 11 is 0. The molecule has 0 amide bonds. The van der Waals surface area contributed by atoms with Crippen molar-refractivity contribution in [3.63, 3.8) is 0 Å². The first-order chi connectivity index (χ1) is 18.0. The Bertz CT molecular complexity index is 1160. The Morgan fingerprint density at radius 3 is 2.14 bits per heavy atom. The molecule has 0 radical (unpaired) electrons. The summed E-state index contributed by atoms with van der Waals surface area (Å²) in [7, 11) is 4.52. The summed E-state index contributed by atoms with van der Waals surface area (Å²) in [5.41, 5.74) is 1.93. The van der Waals surface area contributed by atoms with Crippen LogP contribution in [0.4, 0.5) is 0 Å². The number of ether oxygens (including phenoxy) is 4. The van der Waals surface area contributed by atoms with E-state index >= 15 is 0 Å². The Morgan fingerprint density at radius 1 is 0.892 bits per heavy atom. The fraction of sp³-hybridized carbons (Fsp3) is 0.276. The molecule has 1 atom stereocenters. The van der Waals surface area contributed by atoms with Crippen molar-refractivity contribution < 1.29 is 33.7 Å². The highest BCUT2D eigenvalue weighted by Crippen LogP contribution is 2.27. The van der Waals surface area contributed by atoms with Crippen molar-refractivity contribution in [1.82, 2.24) is 5.06 Å². The quantitative estimate of drug-likeness (QED) is 0.157. The number of hydroxylamine groups is 2. The summed E-state index contributed by atoms with van der Waals surface area (Å²) in [6.45, 7) is 2.83. The Morgan fingerprint density at radius 2 is 1.54 bits per heavy atom. The van der Waals surface area contributed by atoms with Crippen LogP contribution in [0.15, 0.2) is 72.8 Å². The summed E-state index contributed by atoms with van der Waals surface area (Å²) in [5, 5.41) is 12.1. The van der Waals surface area contributed by atoms with Crippen LogP contribution in [-0.2, 0) is 9.53 Å². The summed E-state index contributed by atoms with van der Waals surface area (Å²) < 4.78 is 21.2. The Kier molecular flexibility index (Phi) is 10.4. The Balaban J connectivity index is 1.60. The van der Waals surface area contributed by atoms with Gasteiger partial charge in [0, 0.05) is 6.54 Å². The number of para-hydroxylation sites is 2. The molecule has 8 nitrogen and oxygen atoms in total. The third kappa shape index (κ3) is 7.99. The highest BCUT2D eigenvalue weighted by atomic mass is 16.7. The first-order valence-corrected chi connectivity index (χ1v) is 11.9. The number of aliphatic hydroxyl groups is 1. The average molecular weight is 508 g/mol. The van der Waals surface area contributed by atoms with Crippen LogP contribution in [0.3, 0.4) is 0 Å². The second-order valence-corrected chi connectivity index (χ2v) is 8.03. The minimum absolute atomic E-state index is 0.0836.